The summed E-state index contributed by atoms with van der Waals surface area (Å²) in [6.45, 7) is 6.64. The predicted octanol–water partition coefficient (Wildman–Crippen LogP) is 2.64. The highest BCUT2D eigenvalue weighted by atomic mass is 19.1. The fourth-order valence-electron chi connectivity index (χ4n) is 2.42. The van der Waals surface area contributed by atoms with E-state index in [1.165, 1.54) is 12.1 Å². The van der Waals surface area contributed by atoms with Crippen LogP contribution in [0.2, 0.25) is 0 Å². The van der Waals surface area contributed by atoms with E-state index in [1.54, 1.807) is 13.2 Å². The number of halogens is 1. The van der Waals surface area contributed by atoms with Gasteiger partial charge in [0.15, 0.2) is 0 Å². The van der Waals surface area contributed by atoms with Crippen LogP contribution in [0.25, 0.3) is 0 Å². The lowest BCUT2D eigenvalue weighted by molar-refractivity contribution is 0.193. The van der Waals surface area contributed by atoms with Crippen LogP contribution in [-0.2, 0) is 6.54 Å². The minimum absolute atomic E-state index is 0.157. The predicted molar refractivity (Wildman–Crippen MR) is 76.7 cm³/mol. The van der Waals surface area contributed by atoms with Gasteiger partial charge < -0.3 is 15.4 Å². The summed E-state index contributed by atoms with van der Waals surface area (Å²) in [5, 5.41) is 0. The smallest absolute Gasteiger partial charge is 0.123 e. The highest BCUT2D eigenvalue weighted by molar-refractivity contribution is 5.33. The average molecular weight is 268 g/mol. The first-order valence-corrected chi connectivity index (χ1v) is 6.59. The van der Waals surface area contributed by atoms with E-state index in [4.69, 9.17) is 10.5 Å². The molecule has 1 aromatic rings. The Morgan fingerprint density at radius 1 is 1.37 bits per heavy atom. The molecule has 0 aromatic heterocycles. The van der Waals surface area contributed by atoms with Gasteiger partial charge in [0.1, 0.15) is 11.6 Å². The maximum atomic E-state index is 13.3. The van der Waals surface area contributed by atoms with E-state index >= 15 is 0 Å². The second kappa shape index (κ2) is 6.87. The van der Waals surface area contributed by atoms with Crippen LogP contribution in [0, 0.1) is 11.2 Å². The molecule has 0 amide bonds. The van der Waals surface area contributed by atoms with Gasteiger partial charge in [0.05, 0.1) is 7.11 Å². The van der Waals surface area contributed by atoms with Gasteiger partial charge in [-0.1, -0.05) is 13.8 Å². The van der Waals surface area contributed by atoms with Crippen LogP contribution in [-0.4, -0.2) is 32.1 Å². The van der Waals surface area contributed by atoms with E-state index in [9.17, 15) is 4.39 Å². The second-order valence-corrected chi connectivity index (χ2v) is 5.83. The molecule has 3 nitrogen and oxygen atoms in total. The standard InChI is InChI=1S/C15H25FN2O/c1-15(2,7-8-17)11-18(3)10-12-9-13(16)5-6-14(12)19-4/h5-6,9H,7-8,10-11,17H2,1-4H3. The molecule has 108 valence electrons. The Hall–Kier alpha value is -1.13. The number of rotatable bonds is 7. The van der Waals surface area contributed by atoms with Gasteiger partial charge in [-0.2, -0.15) is 0 Å². The molecule has 0 atom stereocenters. The van der Waals surface area contributed by atoms with Crippen molar-refractivity contribution in [1.29, 1.82) is 0 Å². The van der Waals surface area contributed by atoms with Crippen LogP contribution in [0.15, 0.2) is 18.2 Å². The van der Waals surface area contributed by atoms with Crippen molar-refractivity contribution in [1.82, 2.24) is 4.90 Å². The number of methoxy groups -OCH3 is 1. The number of hydrogen-bond acceptors (Lipinski definition) is 3. The summed E-state index contributed by atoms with van der Waals surface area (Å²) in [5.41, 5.74) is 6.65. The van der Waals surface area contributed by atoms with E-state index in [2.05, 4.69) is 18.7 Å². The van der Waals surface area contributed by atoms with E-state index in [-0.39, 0.29) is 11.2 Å². The van der Waals surface area contributed by atoms with Crippen LogP contribution < -0.4 is 10.5 Å². The fraction of sp³-hybridized carbons (Fsp3) is 0.600. The summed E-state index contributed by atoms with van der Waals surface area (Å²) >= 11 is 0. The zero-order valence-corrected chi connectivity index (χ0v) is 12.4. The Labute approximate surface area is 115 Å². The molecule has 0 bridgehead atoms. The third-order valence-electron chi connectivity index (χ3n) is 3.20. The van der Waals surface area contributed by atoms with Crippen molar-refractivity contribution < 1.29 is 9.13 Å². The van der Waals surface area contributed by atoms with Crippen molar-refractivity contribution in [2.45, 2.75) is 26.8 Å². The molecular formula is C15H25FN2O. The van der Waals surface area contributed by atoms with Gasteiger partial charge in [-0.3, -0.25) is 0 Å². The van der Waals surface area contributed by atoms with Crippen LogP contribution in [0.3, 0.4) is 0 Å². The zero-order chi connectivity index (χ0) is 14.5. The maximum Gasteiger partial charge on any atom is 0.123 e. The van der Waals surface area contributed by atoms with E-state index in [0.717, 1.165) is 24.3 Å². The van der Waals surface area contributed by atoms with E-state index in [0.29, 0.717) is 13.1 Å². The van der Waals surface area contributed by atoms with Crippen LogP contribution in [0.5, 0.6) is 5.75 Å². The third kappa shape index (κ3) is 5.17. The van der Waals surface area contributed by atoms with Crippen molar-refractivity contribution in [2.24, 2.45) is 11.1 Å². The van der Waals surface area contributed by atoms with Gasteiger partial charge >= 0.3 is 0 Å². The Kier molecular flexibility index (Phi) is 5.76. The lowest BCUT2D eigenvalue weighted by Crippen LogP contribution is -2.32. The van der Waals surface area contributed by atoms with E-state index in [1.807, 2.05) is 7.05 Å². The summed E-state index contributed by atoms with van der Waals surface area (Å²) in [6.07, 6.45) is 0.970. The van der Waals surface area contributed by atoms with Gasteiger partial charge in [0, 0.05) is 18.7 Å². The van der Waals surface area contributed by atoms with E-state index < -0.39 is 0 Å². The van der Waals surface area contributed by atoms with Gasteiger partial charge in [-0.25, -0.2) is 4.39 Å². The van der Waals surface area contributed by atoms with Crippen LogP contribution in [0.1, 0.15) is 25.8 Å². The summed E-state index contributed by atoms with van der Waals surface area (Å²) in [6, 6.07) is 4.62. The highest BCUT2D eigenvalue weighted by Crippen LogP contribution is 2.24. The molecule has 0 aliphatic rings. The molecule has 0 fully saturated rings. The molecule has 19 heavy (non-hydrogen) atoms. The number of nitrogens with zero attached hydrogens (tertiary/aromatic N) is 1. The first-order chi connectivity index (χ1) is 8.88. The largest absolute Gasteiger partial charge is 0.496 e. The molecule has 4 heteroatoms. The molecule has 0 aliphatic heterocycles. The molecule has 0 spiro atoms. The minimum Gasteiger partial charge on any atom is -0.496 e. The number of benzene rings is 1. The number of nitrogens with two attached hydrogens (primary N) is 1. The molecule has 0 saturated heterocycles. The molecule has 0 saturated carbocycles. The van der Waals surface area contributed by atoms with Gasteiger partial charge in [0.2, 0.25) is 0 Å². The molecule has 0 heterocycles. The van der Waals surface area contributed by atoms with Crippen molar-refractivity contribution >= 4 is 0 Å². The summed E-state index contributed by atoms with van der Waals surface area (Å²) < 4.78 is 18.6. The maximum absolute atomic E-state index is 13.3. The monoisotopic (exact) mass is 268 g/mol. The van der Waals surface area contributed by atoms with Crippen molar-refractivity contribution in [3.05, 3.63) is 29.6 Å². The third-order valence-corrected chi connectivity index (χ3v) is 3.20. The van der Waals surface area contributed by atoms with Crippen molar-refractivity contribution in [2.75, 3.05) is 27.2 Å². The molecule has 0 unspecified atom stereocenters. The molecule has 1 rings (SSSR count). The molecule has 1 aromatic carbocycles. The van der Waals surface area contributed by atoms with Crippen molar-refractivity contribution in [3.8, 4) is 5.75 Å². The fourth-order valence-corrected chi connectivity index (χ4v) is 2.42. The second-order valence-electron chi connectivity index (χ2n) is 5.83. The van der Waals surface area contributed by atoms with Gasteiger partial charge in [0.25, 0.3) is 0 Å². The number of ether oxygens (including phenoxy) is 1. The van der Waals surface area contributed by atoms with Crippen molar-refractivity contribution in [3.63, 3.8) is 0 Å². The first kappa shape index (κ1) is 15.9. The zero-order valence-electron chi connectivity index (χ0n) is 12.4. The Morgan fingerprint density at radius 2 is 2.05 bits per heavy atom. The minimum atomic E-state index is -0.231. The Morgan fingerprint density at radius 3 is 2.63 bits per heavy atom. The molecule has 0 radical (unpaired) electrons. The number of hydrogen-bond donors (Lipinski definition) is 1. The summed E-state index contributed by atoms with van der Waals surface area (Å²) in [5.74, 6) is 0.496. The quantitative estimate of drug-likeness (QED) is 0.826. The average Bonchev–Trinajstić information content (AvgIpc) is 2.28. The summed E-state index contributed by atoms with van der Waals surface area (Å²) in [4.78, 5) is 2.17. The lowest BCUT2D eigenvalue weighted by atomic mass is 9.89. The van der Waals surface area contributed by atoms with Gasteiger partial charge in [-0.05, 0) is 43.6 Å². The van der Waals surface area contributed by atoms with Gasteiger partial charge in [-0.15, -0.1) is 0 Å². The first-order valence-electron chi connectivity index (χ1n) is 6.59. The SMILES string of the molecule is COc1ccc(F)cc1CN(C)CC(C)(C)CCN. The van der Waals surface area contributed by atoms with Crippen LogP contribution in [0.4, 0.5) is 4.39 Å². The normalized spacial score (nSPS) is 11.9. The summed E-state index contributed by atoms with van der Waals surface area (Å²) in [7, 11) is 3.64. The molecule has 0 aliphatic carbocycles. The molecule has 2 N–H and O–H groups in total. The Balaban J connectivity index is 2.71. The Bertz CT molecular complexity index is 407. The molecular weight excluding hydrogens is 243 g/mol. The topological polar surface area (TPSA) is 38.5 Å². The highest BCUT2D eigenvalue weighted by Gasteiger charge is 2.20. The van der Waals surface area contributed by atoms with Crippen LogP contribution >= 0.6 is 0 Å². The lowest BCUT2D eigenvalue weighted by Gasteiger charge is -2.30.